The molecule has 2 amide bonds. The predicted molar refractivity (Wildman–Crippen MR) is 102 cm³/mol. The standard InChI is InChI=1S/C18H28N4O3S/c1-12-11-17(20-13(2)19-12)25-15-5-8-22(9-6-15)18(24)16(7-10-26-4)21-14(3)23/h11,15-16H,5-10H2,1-4H3,(H,21,23). The highest BCUT2D eigenvalue weighted by molar-refractivity contribution is 7.98. The van der Waals surface area contributed by atoms with Gasteiger partial charge < -0.3 is 15.0 Å². The first-order valence-corrected chi connectivity index (χ1v) is 10.3. The summed E-state index contributed by atoms with van der Waals surface area (Å²) in [6.45, 7) is 6.46. The van der Waals surface area contributed by atoms with Crippen LogP contribution in [0, 0.1) is 13.8 Å². The van der Waals surface area contributed by atoms with Crippen LogP contribution in [0.1, 0.15) is 37.7 Å². The Morgan fingerprint density at radius 2 is 2.04 bits per heavy atom. The van der Waals surface area contributed by atoms with Crippen molar-refractivity contribution in [3.05, 3.63) is 17.6 Å². The van der Waals surface area contributed by atoms with Gasteiger partial charge in [-0.15, -0.1) is 0 Å². The largest absolute Gasteiger partial charge is 0.474 e. The maximum absolute atomic E-state index is 12.7. The second-order valence-corrected chi connectivity index (χ2v) is 7.56. The summed E-state index contributed by atoms with van der Waals surface area (Å²) in [6, 6.07) is 1.39. The summed E-state index contributed by atoms with van der Waals surface area (Å²) in [5.74, 6) is 1.96. The highest BCUT2D eigenvalue weighted by atomic mass is 32.2. The first kappa shape index (κ1) is 20.5. The number of aryl methyl sites for hydroxylation is 2. The van der Waals surface area contributed by atoms with Crippen molar-refractivity contribution >= 4 is 23.6 Å². The molecule has 1 fully saturated rings. The smallest absolute Gasteiger partial charge is 0.245 e. The molecule has 0 radical (unpaired) electrons. The lowest BCUT2D eigenvalue weighted by molar-refractivity contribution is -0.137. The van der Waals surface area contributed by atoms with Crippen LogP contribution in [0.2, 0.25) is 0 Å². The number of carbonyl (C=O) groups excluding carboxylic acids is 2. The van der Waals surface area contributed by atoms with E-state index in [1.54, 1.807) is 11.8 Å². The Morgan fingerprint density at radius 1 is 1.35 bits per heavy atom. The molecule has 26 heavy (non-hydrogen) atoms. The zero-order valence-electron chi connectivity index (χ0n) is 15.9. The summed E-state index contributed by atoms with van der Waals surface area (Å²) < 4.78 is 5.97. The minimum Gasteiger partial charge on any atom is -0.474 e. The zero-order chi connectivity index (χ0) is 19.1. The quantitative estimate of drug-likeness (QED) is 0.775. The third-order valence-corrected chi connectivity index (χ3v) is 4.91. The van der Waals surface area contributed by atoms with Crippen molar-refractivity contribution in [1.82, 2.24) is 20.2 Å². The fourth-order valence-corrected chi connectivity index (χ4v) is 3.54. The van der Waals surface area contributed by atoms with Gasteiger partial charge >= 0.3 is 0 Å². The Labute approximate surface area is 159 Å². The molecule has 0 aliphatic carbocycles. The Morgan fingerprint density at radius 3 is 2.62 bits per heavy atom. The molecule has 2 heterocycles. The Hall–Kier alpha value is -1.83. The number of ether oxygens (including phenoxy) is 1. The molecule has 144 valence electrons. The van der Waals surface area contributed by atoms with E-state index in [2.05, 4.69) is 15.3 Å². The van der Waals surface area contributed by atoms with Crippen molar-refractivity contribution in [2.45, 2.75) is 52.2 Å². The Kier molecular flexibility index (Phi) is 7.68. The van der Waals surface area contributed by atoms with Gasteiger partial charge in [0.1, 0.15) is 18.0 Å². The molecule has 0 saturated carbocycles. The third kappa shape index (κ3) is 6.16. The molecule has 1 aromatic rings. The van der Waals surface area contributed by atoms with Crippen LogP contribution in [0.5, 0.6) is 5.88 Å². The number of thioether (sulfide) groups is 1. The van der Waals surface area contributed by atoms with Gasteiger partial charge in [0.15, 0.2) is 0 Å². The molecule has 8 heteroatoms. The molecule has 1 aliphatic rings. The van der Waals surface area contributed by atoms with Crippen molar-refractivity contribution in [2.24, 2.45) is 0 Å². The fraction of sp³-hybridized carbons (Fsp3) is 0.667. The number of carbonyl (C=O) groups is 2. The maximum atomic E-state index is 12.7. The van der Waals surface area contributed by atoms with Gasteiger partial charge in [-0.1, -0.05) is 0 Å². The van der Waals surface area contributed by atoms with E-state index in [1.807, 2.05) is 31.1 Å². The molecule has 1 N–H and O–H groups in total. The zero-order valence-corrected chi connectivity index (χ0v) is 16.8. The summed E-state index contributed by atoms with van der Waals surface area (Å²) in [5.41, 5.74) is 0.882. The second kappa shape index (κ2) is 9.75. The number of amides is 2. The number of piperidine rings is 1. The fourth-order valence-electron chi connectivity index (χ4n) is 3.07. The number of nitrogens with one attached hydrogen (secondary N) is 1. The number of nitrogens with zero attached hydrogens (tertiary/aromatic N) is 3. The molecule has 2 rings (SSSR count). The summed E-state index contributed by atoms with van der Waals surface area (Å²) >= 11 is 1.67. The highest BCUT2D eigenvalue weighted by Gasteiger charge is 2.29. The van der Waals surface area contributed by atoms with Crippen LogP contribution < -0.4 is 10.1 Å². The molecular weight excluding hydrogens is 352 g/mol. The lowest BCUT2D eigenvalue weighted by Crippen LogP contribution is -2.51. The average Bonchev–Trinajstić information content (AvgIpc) is 2.57. The number of rotatable bonds is 7. The molecule has 1 atom stereocenters. The van der Waals surface area contributed by atoms with Gasteiger partial charge in [-0.25, -0.2) is 4.98 Å². The van der Waals surface area contributed by atoms with Crippen LogP contribution in [0.3, 0.4) is 0 Å². The van der Waals surface area contributed by atoms with Gasteiger partial charge in [0.05, 0.1) is 0 Å². The van der Waals surface area contributed by atoms with E-state index < -0.39 is 6.04 Å². The minimum absolute atomic E-state index is 0.00132. The summed E-state index contributed by atoms with van der Waals surface area (Å²) in [7, 11) is 0. The van der Waals surface area contributed by atoms with Crippen molar-refractivity contribution in [2.75, 3.05) is 25.1 Å². The molecule has 0 bridgehead atoms. The van der Waals surface area contributed by atoms with E-state index in [9.17, 15) is 9.59 Å². The molecule has 1 aromatic heterocycles. The summed E-state index contributed by atoms with van der Waals surface area (Å²) in [5, 5.41) is 2.78. The Balaban J connectivity index is 1.89. The van der Waals surface area contributed by atoms with E-state index in [0.29, 0.717) is 31.2 Å². The SMILES string of the molecule is CSCCC(NC(C)=O)C(=O)N1CCC(Oc2cc(C)nc(C)n2)CC1. The number of likely N-dealkylation sites (tertiary alicyclic amines) is 1. The van der Waals surface area contributed by atoms with Gasteiger partial charge in [-0.05, 0) is 32.3 Å². The number of hydrogen-bond acceptors (Lipinski definition) is 6. The van der Waals surface area contributed by atoms with Gasteiger partial charge in [-0.3, -0.25) is 9.59 Å². The molecular formula is C18H28N4O3S. The van der Waals surface area contributed by atoms with Gasteiger partial charge in [0, 0.05) is 44.6 Å². The van der Waals surface area contributed by atoms with Crippen LogP contribution in [0.25, 0.3) is 0 Å². The van der Waals surface area contributed by atoms with Crippen molar-refractivity contribution in [1.29, 1.82) is 0 Å². The first-order chi connectivity index (χ1) is 12.4. The average molecular weight is 381 g/mol. The second-order valence-electron chi connectivity index (χ2n) is 6.57. The monoisotopic (exact) mass is 380 g/mol. The van der Waals surface area contributed by atoms with Gasteiger partial charge in [0.2, 0.25) is 17.7 Å². The molecule has 0 spiro atoms. The first-order valence-electron chi connectivity index (χ1n) is 8.92. The molecule has 1 aliphatic heterocycles. The lowest BCUT2D eigenvalue weighted by atomic mass is 10.1. The number of aromatic nitrogens is 2. The molecule has 7 nitrogen and oxygen atoms in total. The van der Waals surface area contributed by atoms with Crippen LogP contribution in [-0.2, 0) is 9.59 Å². The minimum atomic E-state index is -0.440. The van der Waals surface area contributed by atoms with Crippen LogP contribution in [0.15, 0.2) is 6.07 Å². The summed E-state index contributed by atoms with van der Waals surface area (Å²) in [6.07, 6.45) is 4.19. The van der Waals surface area contributed by atoms with Crippen molar-refractivity contribution in [3.63, 3.8) is 0 Å². The highest BCUT2D eigenvalue weighted by Crippen LogP contribution is 2.19. The van der Waals surface area contributed by atoms with Gasteiger partial charge in [-0.2, -0.15) is 16.7 Å². The third-order valence-electron chi connectivity index (χ3n) is 4.27. The van der Waals surface area contributed by atoms with E-state index in [0.717, 1.165) is 24.3 Å². The van der Waals surface area contributed by atoms with E-state index in [-0.39, 0.29) is 17.9 Å². The molecule has 1 unspecified atom stereocenters. The van der Waals surface area contributed by atoms with Crippen LogP contribution in [-0.4, -0.2) is 63.9 Å². The molecule has 0 aromatic carbocycles. The van der Waals surface area contributed by atoms with E-state index in [4.69, 9.17) is 4.74 Å². The van der Waals surface area contributed by atoms with E-state index >= 15 is 0 Å². The molecule has 1 saturated heterocycles. The van der Waals surface area contributed by atoms with Gasteiger partial charge in [0.25, 0.3) is 0 Å². The normalized spacial score (nSPS) is 16.2. The number of hydrogen-bond donors (Lipinski definition) is 1. The summed E-state index contributed by atoms with van der Waals surface area (Å²) in [4.78, 5) is 34.5. The van der Waals surface area contributed by atoms with Crippen LogP contribution in [0.4, 0.5) is 0 Å². The predicted octanol–water partition coefficient (Wildman–Crippen LogP) is 1.72. The van der Waals surface area contributed by atoms with Crippen molar-refractivity contribution in [3.8, 4) is 5.88 Å². The topological polar surface area (TPSA) is 84.4 Å². The lowest BCUT2D eigenvalue weighted by Gasteiger charge is -2.34. The van der Waals surface area contributed by atoms with E-state index in [1.165, 1.54) is 6.92 Å². The maximum Gasteiger partial charge on any atom is 0.245 e. The van der Waals surface area contributed by atoms with Crippen LogP contribution >= 0.6 is 11.8 Å². The Bertz CT molecular complexity index is 613. The van der Waals surface area contributed by atoms with Crippen molar-refractivity contribution < 1.29 is 14.3 Å².